The first-order valence-electron chi connectivity index (χ1n) is 6.58. The van der Waals surface area contributed by atoms with Crippen LogP contribution in [0, 0.1) is 0 Å². The summed E-state index contributed by atoms with van der Waals surface area (Å²) in [5, 5.41) is 11.1. The first-order chi connectivity index (χ1) is 9.27. The van der Waals surface area contributed by atoms with E-state index in [0.29, 0.717) is 10.8 Å². The molecule has 0 saturated heterocycles. The molecule has 0 aromatic heterocycles. The molecule has 2 rings (SSSR count). The summed E-state index contributed by atoms with van der Waals surface area (Å²) in [6.07, 6.45) is -2.98. The van der Waals surface area contributed by atoms with Crippen LogP contribution in [0.2, 0.25) is 0 Å². The van der Waals surface area contributed by atoms with Gasteiger partial charge in [0.05, 0.1) is 0 Å². The van der Waals surface area contributed by atoms with Gasteiger partial charge in [0.1, 0.15) is 0 Å². The SMILES string of the molecule is CCCc1ccc2cccc(C(C)(O)C(F)(F)F)c2c1. The van der Waals surface area contributed by atoms with E-state index in [0.717, 1.165) is 25.3 Å². The first-order valence-corrected chi connectivity index (χ1v) is 6.58. The van der Waals surface area contributed by atoms with Crippen LogP contribution in [0.4, 0.5) is 13.2 Å². The molecular formula is C16H17F3O. The minimum absolute atomic E-state index is 0.0968. The molecule has 0 fully saturated rings. The van der Waals surface area contributed by atoms with Crippen LogP contribution in [-0.2, 0) is 12.0 Å². The molecule has 0 saturated carbocycles. The van der Waals surface area contributed by atoms with Crippen LogP contribution < -0.4 is 0 Å². The van der Waals surface area contributed by atoms with Crippen molar-refractivity contribution in [2.24, 2.45) is 0 Å². The predicted molar refractivity (Wildman–Crippen MR) is 73.6 cm³/mol. The summed E-state index contributed by atoms with van der Waals surface area (Å²) in [5.41, 5.74) is -1.97. The average Bonchev–Trinajstić information content (AvgIpc) is 2.37. The van der Waals surface area contributed by atoms with Crippen LogP contribution in [0.5, 0.6) is 0 Å². The lowest BCUT2D eigenvalue weighted by Crippen LogP contribution is -2.39. The molecule has 0 radical (unpaired) electrons. The molecule has 0 aliphatic heterocycles. The molecule has 1 N–H and O–H groups in total. The Bertz CT molecular complexity index is 615. The molecule has 0 heterocycles. The van der Waals surface area contributed by atoms with Crippen LogP contribution in [0.1, 0.15) is 31.4 Å². The summed E-state index contributed by atoms with van der Waals surface area (Å²) in [4.78, 5) is 0. The van der Waals surface area contributed by atoms with Gasteiger partial charge in [0, 0.05) is 5.56 Å². The number of hydrogen-bond acceptors (Lipinski definition) is 1. The fourth-order valence-corrected chi connectivity index (χ4v) is 2.34. The lowest BCUT2D eigenvalue weighted by Gasteiger charge is -2.28. The monoisotopic (exact) mass is 282 g/mol. The highest BCUT2D eigenvalue weighted by Crippen LogP contribution is 2.41. The molecule has 0 aliphatic rings. The van der Waals surface area contributed by atoms with E-state index in [1.807, 2.05) is 13.0 Å². The van der Waals surface area contributed by atoms with Crippen LogP contribution in [0.25, 0.3) is 10.8 Å². The highest BCUT2D eigenvalue weighted by molar-refractivity contribution is 5.87. The van der Waals surface area contributed by atoms with Crippen molar-refractivity contribution >= 4 is 10.8 Å². The van der Waals surface area contributed by atoms with Gasteiger partial charge in [-0.15, -0.1) is 0 Å². The Labute approximate surface area is 116 Å². The summed E-state index contributed by atoms with van der Waals surface area (Å²) < 4.78 is 39.1. The molecule has 0 amide bonds. The molecule has 108 valence electrons. The van der Waals surface area contributed by atoms with E-state index < -0.39 is 11.8 Å². The molecule has 0 bridgehead atoms. The van der Waals surface area contributed by atoms with Gasteiger partial charge in [-0.2, -0.15) is 13.2 Å². The fourth-order valence-electron chi connectivity index (χ4n) is 2.34. The number of alkyl halides is 3. The third kappa shape index (κ3) is 2.52. The minimum Gasteiger partial charge on any atom is -0.376 e. The fraction of sp³-hybridized carbons (Fsp3) is 0.375. The average molecular weight is 282 g/mol. The minimum atomic E-state index is -4.71. The second-order valence-electron chi connectivity index (χ2n) is 5.18. The number of rotatable bonds is 3. The summed E-state index contributed by atoms with van der Waals surface area (Å²) in [7, 11) is 0. The molecule has 4 heteroatoms. The Morgan fingerprint density at radius 3 is 2.40 bits per heavy atom. The maximum absolute atomic E-state index is 13.0. The molecule has 2 aromatic carbocycles. The largest absolute Gasteiger partial charge is 0.421 e. The third-order valence-electron chi connectivity index (χ3n) is 3.56. The maximum atomic E-state index is 13.0. The van der Waals surface area contributed by atoms with E-state index >= 15 is 0 Å². The van der Waals surface area contributed by atoms with Gasteiger partial charge >= 0.3 is 6.18 Å². The topological polar surface area (TPSA) is 20.2 Å². The van der Waals surface area contributed by atoms with Gasteiger partial charge in [0.15, 0.2) is 5.60 Å². The molecule has 20 heavy (non-hydrogen) atoms. The van der Waals surface area contributed by atoms with Gasteiger partial charge in [0.2, 0.25) is 0 Å². The van der Waals surface area contributed by atoms with Gasteiger partial charge in [-0.05, 0) is 29.7 Å². The molecule has 1 unspecified atom stereocenters. The van der Waals surface area contributed by atoms with Crippen molar-refractivity contribution in [1.29, 1.82) is 0 Å². The molecule has 1 atom stereocenters. The number of halogens is 3. The Morgan fingerprint density at radius 1 is 1.10 bits per heavy atom. The zero-order valence-electron chi connectivity index (χ0n) is 11.5. The lowest BCUT2D eigenvalue weighted by atomic mass is 9.89. The summed E-state index contributed by atoms with van der Waals surface area (Å²) >= 11 is 0. The van der Waals surface area contributed by atoms with E-state index in [1.165, 1.54) is 12.1 Å². The van der Waals surface area contributed by atoms with Gasteiger partial charge in [-0.25, -0.2) is 0 Å². The molecule has 0 spiro atoms. The van der Waals surface area contributed by atoms with Crippen LogP contribution in [0.3, 0.4) is 0 Å². The van der Waals surface area contributed by atoms with Crippen LogP contribution in [0.15, 0.2) is 36.4 Å². The molecule has 0 aliphatic carbocycles. The van der Waals surface area contributed by atoms with Crippen molar-refractivity contribution in [3.8, 4) is 0 Å². The molecule has 2 aromatic rings. The van der Waals surface area contributed by atoms with Crippen LogP contribution >= 0.6 is 0 Å². The number of fused-ring (bicyclic) bond motifs is 1. The molecule has 1 nitrogen and oxygen atoms in total. The van der Waals surface area contributed by atoms with E-state index in [2.05, 4.69) is 0 Å². The van der Waals surface area contributed by atoms with Gasteiger partial charge in [-0.1, -0.05) is 49.7 Å². The Morgan fingerprint density at radius 2 is 1.80 bits per heavy atom. The van der Waals surface area contributed by atoms with Crippen LogP contribution in [-0.4, -0.2) is 11.3 Å². The maximum Gasteiger partial charge on any atom is 0.421 e. The number of benzene rings is 2. The zero-order chi connectivity index (χ0) is 15.0. The van der Waals surface area contributed by atoms with Crippen molar-refractivity contribution in [2.45, 2.75) is 38.5 Å². The van der Waals surface area contributed by atoms with Gasteiger partial charge in [-0.3, -0.25) is 0 Å². The predicted octanol–water partition coefficient (Wildman–Crippen LogP) is 4.56. The van der Waals surface area contributed by atoms with Crippen molar-refractivity contribution in [3.63, 3.8) is 0 Å². The number of hydrogen-bond donors (Lipinski definition) is 1. The Kier molecular flexibility index (Phi) is 3.78. The second-order valence-corrected chi connectivity index (χ2v) is 5.18. The zero-order valence-corrected chi connectivity index (χ0v) is 11.5. The van der Waals surface area contributed by atoms with E-state index in [4.69, 9.17) is 0 Å². The summed E-state index contributed by atoms with van der Waals surface area (Å²) in [5.74, 6) is 0. The van der Waals surface area contributed by atoms with E-state index in [9.17, 15) is 18.3 Å². The normalized spacial score (nSPS) is 15.3. The van der Waals surface area contributed by atoms with Gasteiger partial charge in [0.25, 0.3) is 0 Å². The molecular weight excluding hydrogens is 265 g/mol. The standard InChI is InChI=1S/C16H17F3O/c1-3-5-11-8-9-12-6-4-7-14(13(12)10-11)15(2,20)16(17,18)19/h4,6-10,20H,3,5H2,1-2H3. The van der Waals surface area contributed by atoms with Crippen molar-refractivity contribution in [2.75, 3.05) is 0 Å². The highest BCUT2D eigenvalue weighted by Gasteiger charge is 2.51. The van der Waals surface area contributed by atoms with Gasteiger partial charge < -0.3 is 5.11 Å². The Balaban J connectivity index is 2.67. The number of aryl methyl sites for hydroxylation is 1. The van der Waals surface area contributed by atoms with Crippen molar-refractivity contribution in [3.05, 3.63) is 47.5 Å². The summed E-state index contributed by atoms with van der Waals surface area (Å²) in [6.45, 7) is 2.82. The second kappa shape index (κ2) is 5.09. The first kappa shape index (κ1) is 14.9. The van der Waals surface area contributed by atoms with E-state index in [1.54, 1.807) is 18.2 Å². The lowest BCUT2D eigenvalue weighted by molar-refractivity contribution is -0.258. The smallest absolute Gasteiger partial charge is 0.376 e. The van der Waals surface area contributed by atoms with Crippen molar-refractivity contribution in [1.82, 2.24) is 0 Å². The quantitative estimate of drug-likeness (QED) is 0.874. The van der Waals surface area contributed by atoms with Crippen molar-refractivity contribution < 1.29 is 18.3 Å². The summed E-state index contributed by atoms with van der Waals surface area (Å²) in [6, 6.07) is 10.1. The highest BCUT2D eigenvalue weighted by atomic mass is 19.4. The third-order valence-corrected chi connectivity index (χ3v) is 3.56. The number of aliphatic hydroxyl groups is 1. The van der Waals surface area contributed by atoms with E-state index in [-0.39, 0.29) is 5.56 Å². The Hall–Kier alpha value is -1.55.